The fourth-order valence-electron chi connectivity index (χ4n) is 4.87. The number of imide groups is 1. The van der Waals surface area contributed by atoms with Gasteiger partial charge in [-0.3, -0.25) is 14.4 Å². The molecule has 0 radical (unpaired) electrons. The molecule has 1 atom stereocenters. The summed E-state index contributed by atoms with van der Waals surface area (Å²) < 4.78 is 10.7. The van der Waals surface area contributed by atoms with Crippen LogP contribution >= 0.6 is 0 Å². The van der Waals surface area contributed by atoms with Crippen LogP contribution in [0.2, 0.25) is 0 Å². The number of methoxy groups -OCH3 is 1. The molecule has 4 aromatic rings. The van der Waals surface area contributed by atoms with Gasteiger partial charge in [0.15, 0.2) is 0 Å². The summed E-state index contributed by atoms with van der Waals surface area (Å²) in [4.78, 5) is 46.4. The van der Waals surface area contributed by atoms with Crippen LogP contribution in [0.5, 0.6) is 11.5 Å². The number of ether oxygens (including phenoxy) is 2. The zero-order valence-corrected chi connectivity index (χ0v) is 21.3. The molecule has 3 aromatic carbocycles. The molecule has 194 valence electrons. The summed E-state index contributed by atoms with van der Waals surface area (Å²) in [5.41, 5.74) is 2.92. The summed E-state index contributed by atoms with van der Waals surface area (Å²) in [5.74, 6) is 0.207. The first-order chi connectivity index (χ1) is 18.5. The molecule has 0 aliphatic carbocycles. The van der Waals surface area contributed by atoms with E-state index in [9.17, 15) is 14.4 Å². The second-order valence-corrected chi connectivity index (χ2v) is 9.05. The summed E-state index contributed by atoms with van der Waals surface area (Å²) in [5, 5.41) is 1.06. The van der Waals surface area contributed by atoms with Crippen LogP contribution in [0.25, 0.3) is 10.9 Å². The maximum atomic E-state index is 13.7. The summed E-state index contributed by atoms with van der Waals surface area (Å²) in [6.07, 6.45) is 2.36. The zero-order valence-electron chi connectivity index (χ0n) is 21.3. The van der Waals surface area contributed by atoms with E-state index in [0.29, 0.717) is 35.8 Å². The SMILES string of the molecule is CCOc1ccc(N2C(=O)CC(N(CCc3c[nH]c4ccccc34)C(=O)c3ccc(OC)cc3)C2=O)cc1. The normalized spacial score (nSPS) is 15.2. The number of hydrogen-bond acceptors (Lipinski definition) is 5. The molecule has 5 rings (SSSR count). The van der Waals surface area contributed by atoms with Gasteiger partial charge in [0.25, 0.3) is 11.8 Å². The Morgan fingerprint density at radius 2 is 1.71 bits per heavy atom. The van der Waals surface area contributed by atoms with E-state index in [1.807, 2.05) is 37.4 Å². The number of carbonyl (C=O) groups is 3. The largest absolute Gasteiger partial charge is 0.497 e. The Kier molecular flexibility index (Phi) is 7.13. The van der Waals surface area contributed by atoms with Crippen LogP contribution < -0.4 is 14.4 Å². The van der Waals surface area contributed by atoms with Crippen LogP contribution in [0.3, 0.4) is 0 Å². The summed E-state index contributed by atoms with van der Waals surface area (Å²) in [6.45, 7) is 2.67. The fraction of sp³-hybridized carbons (Fsp3) is 0.233. The molecule has 0 spiro atoms. The highest BCUT2D eigenvalue weighted by molar-refractivity contribution is 6.23. The zero-order chi connectivity index (χ0) is 26.6. The third-order valence-electron chi connectivity index (χ3n) is 6.80. The molecule has 2 heterocycles. The Labute approximate surface area is 220 Å². The monoisotopic (exact) mass is 511 g/mol. The first kappa shape index (κ1) is 25.1. The van der Waals surface area contributed by atoms with Crippen molar-refractivity contribution in [3.8, 4) is 11.5 Å². The van der Waals surface area contributed by atoms with Gasteiger partial charge in [0, 0.05) is 29.2 Å². The standard InChI is InChI=1S/C30H29N3O5/c1-3-38-24-14-10-22(11-15-24)33-28(34)18-27(30(33)36)32(29(35)20-8-12-23(37-2)13-9-20)17-16-21-19-31-26-7-5-4-6-25(21)26/h4-15,19,27,31H,3,16-18H2,1-2H3. The lowest BCUT2D eigenvalue weighted by Crippen LogP contribution is -2.46. The van der Waals surface area contributed by atoms with Crippen molar-refractivity contribution in [2.24, 2.45) is 0 Å². The number of H-pyrrole nitrogens is 1. The van der Waals surface area contributed by atoms with Crippen molar-refractivity contribution in [2.75, 3.05) is 25.2 Å². The summed E-state index contributed by atoms with van der Waals surface area (Å²) in [7, 11) is 1.56. The van der Waals surface area contributed by atoms with E-state index in [2.05, 4.69) is 4.98 Å². The minimum atomic E-state index is -0.908. The highest BCUT2D eigenvalue weighted by atomic mass is 16.5. The summed E-state index contributed by atoms with van der Waals surface area (Å²) in [6, 6.07) is 20.6. The Morgan fingerprint density at radius 3 is 2.42 bits per heavy atom. The number of rotatable bonds is 9. The van der Waals surface area contributed by atoms with Gasteiger partial charge in [-0.1, -0.05) is 18.2 Å². The van der Waals surface area contributed by atoms with Crippen molar-refractivity contribution in [3.05, 3.63) is 90.1 Å². The van der Waals surface area contributed by atoms with Gasteiger partial charge >= 0.3 is 0 Å². The maximum absolute atomic E-state index is 13.7. The van der Waals surface area contributed by atoms with Crippen molar-refractivity contribution < 1.29 is 23.9 Å². The lowest BCUT2D eigenvalue weighted by atomic mass is 10.1. The fourth-order valence-corrected chi connectivity index (χ4v) is 4.87. The van der Waals surface area contributed by atoms with Gasteiger partial charge in [-0.25, -0.2) is 4.90 Å². The number of aromatic amines is 1. The molecule has 38 heavy (non-hydrogen) atoms. The van der Waals surface area contributed by atoms with E-state index in [-0.39, 0.29) is 24.8 Å². The molecule has 1 aliphatic heterocycles. The molecule has 1 N–H and O–H groups in total. The molecule has 1 fully saturated rings. The average Bonchev–Trinajstić information content (AvgIpc) is 3.49. The molecule has 1 aliphatic rings. The first-order valence-corrected chi connectivity index (χ1v) is 12.6. The third-order valence-corrected chi connectivity index (χ3v) is 6.80. The van der Waals surface area contributed by atoms with Crippen LogP contribution in [0.1, 0.15) is 29.3 Å². The highest BCUT2D eigenvalue weighted by Gasteiger charge is 2.44. The minimum absolute atomic E-state index is 0.0815. The number of anilines is 1. The first-order valence-electron chi connectivity index (χ1n) is 12.6. The van der Waals surface area contributed by atoms with Crippen molar-refractivity contribution >= 4 is 34.3 Å². The number of amides is 3. The number of carbonyl (C=O) groups excluding carboxylic acids is 3. The van der Waals surface area contributed by atoms with Crippen molar-refractivity contribution in [2.45, 2.75) is 25.8 Å². The lowest BCUT2D eigenvalue weighted by Gasteiger charge is -2.28. The van der Waals surface area contributed by atoms with Crippen molar-refractivity contribution in [1.82, 2.24) is 9.88 Å². The number of para-hydroxylation sites is 1. The Hall–Kier alpha value is -4.59. The topological polar surface area (TPSA) is 91.9 Å². The predicted octanol–water partition coefficient (Wildman–Crippen LogP) is 4.59. The van der Waals surface area contributed by atoms with Crippen LogP contribution in [0.15, 0.2) is 79.0 Å². The lowest BCUT2D eigenvalue weighted by molar-refractivity contribution is -0.122. The smallest absolute Gasteiger partial charge is 0.257 e. The van der Waals surface area contributed by atoms with E-state index in [1.165, 1.54) is 9.80 Å². The Morgan fingerprint density at radius 1 is 1.00 bits per heavy atom. The van der Waals surface area contributed by atoms with Gasteiger partial charge in [0.2, 0.25) is 5.91 Å². The number of fused-ring (bicyclic) bond motifs is 1. The van der Waals surface area contributed by atoms with E-state index >= 15 is 0 Å². The van der Waals surface area contributed by atoms with E-state index < -0.39 is 11.9 Å². The maximum Gasteiger partial charge on any atom is 0.257 e. The van der Waals surface area contributed by atoms with Crippen LogP contribution in [0, 0.1) is 0 Å². The molecule has 1 aromatic heterocycles. The van der Waals surface area contributed by atoms with Crippen LogP contribution in [0.4, 0.5) is 5.69 Å². The van der Waals surface area contributed by atoms with Crippen LogP contribution in [-0.2, 0) is 16.0 Å². The van der Waals surface area contributed by atoms with Gasteiger partial charge in [0.1, 0.15) is 17.5 Å². The predicted molar refractivity (Wildman–Crippen MR) is 145 cm³/mol. The van der Waals surface area contributed by atoms with E-state index in [4.69, 9.17) is 9.47 Å². The third kappa shape index (κ3) is 4.85. The minimum Gasteiger partial charge on any atom is -0.497 e. The number of hydrogen-bond donors (Lipinski definition) is 1. The molecule has 3 amide bonds. The van der Waals surface area contributed by atoms with Crippen molar-refractivity contribution in [3.63, 3.8) is 0 Å². The van der Waals surface area contributed by atoms with Gasteiger partial charge in [0.05, 0.1) is 25.8 Å². The number of nitrogens with one attached hydrogen (secondary N) is 1. The molecule has 8 heteroatoms. The second-order valence-electron chi connectivity index (χ2n) is 9.05. The van der Waals surface area contributed by atoms with E-state index in [0.717, 1.165) is 16.5 Å². The molecule has 1 unspecified atom stereocenters. The van der Waals surface area contributed by atoms with E-state index in [1.54, 1.807) is 55.6 Å². The Bertz CT molecular complexity index is 1460. The number of nitrogens with zero attached hydrogens (tertiary/aromatic N) is 2. The molecular formula is C30H29N3O5. The molecule has 0 bridgehead atoms. The van der Waals surface area contributed by atoms with Crippen molar-refractivity contribution in [1.29, 1.82) is 0 Å². The van der Waals surface area contributed by atoms with Gasteiger partial charge in [-0.05, 0) is 73.5 Å². The van der Waals surface area contributed by atoms with Gasteiger partial charge in [-0.2, -0.15) is 0 Å². The molecule has 1 saturated heterocycles. The highest BCUT2D eigenvalue weighted by Crippen LogP contribution is 2.29. The van der Waals surface area contributed by atoms with Gasteiger partial charge in [-0.15, -0.1) is 0 Å². The number of aromatic nitrogens is 1. The van der Waals surface area contributed by atoms with Crippen LogP contribution in [-0.4, -0.2) is 53.9 Å². The average molecular weight is 512 g/mol. The number of benzene rings is 3. The Balaban J connectivity index is 1.43. The molecule has 0 saturated carbocycles. The summed E-state index contributed by atoms with van der Waals surface area (Å²) >= 11 is 0. The van der Waals surface area contributed by atoms with Gasteiger partial charge < -0.3 is 19.4 Å². The quantitative estimate of drug-likeness (QED) is 0.332. The molecular weight excluding hydrogens is 482 g/mol. The molecule has 8 nitrogen and oxygen atoms in total. The second kappa shape index (κ2) is 10.8.